The van der Waals surface area contributed by atoms with Crippen LogP contribution in [0.5, 0.6) is 11.5 Å². The summed E-state index contributed by atoms with van der Waals surface area (Å²) in [5.74, 6) is 1.44. The molecule has 0 saturated heterocycles. The van der Waals surface area contributed by atoms with Gasteiger partial charge in [0.2, 0.25) is 0 Å². The van der Waals surface area contributed by atoms with Crippen molar-refractivity contribution in [2.75, 3.05) is 4.90 Å². The number of hydrogen-bond donors (Lipinski definition) is 0. The maximum absolute atomic E-state index is 6.70. The Bertz CT molecular complexity index is 2430. The Morgan fingerprint density at radius 2 is 1.12 bits per heavy atom. The highest BCUT2D eigenvalue weighted by Crippen LogP contribution is 2.59. The molecule has 8 rings (SSSR count). The Balaban J connectivity index is 1.43. The van der Waals surface area contributed by atoms with Crippen LogP contribution in [0.1, 0.15) is 101 Å². The molecular weight excluding hydrogens is 687 g/mol. The largest absolute Gasteiger partial charge is 0.457 e. The molecule has 0 fully saturated rings. The van der Waals surface area contributed by atoms with Crippen molar-refractivity contribution in [2.24, 2.45) is 0 Å². The second-order valence-corrected chi connectivity index (χ2v) is 18.0. The van der Waals surface area contributed by atoms with Gasteiger partial charge >= 0.3 is 0 Å². The van der Waals surface area contributed by atoms with E-state index in [4.69, 9.17) is 9.72 Å². The Kier molecular flexibility index (Phi) is 8.99. The van der Waals surface area contributed by atoms with Gasteiger partial charge in [-0.3, -0.25) is 4.98 Å². The van der Waals surface area contributed by atoms with Crippen LogP contribution >= 0.6 is 0 Å². The van der Waals surface area contributed by atoms with Crippen molar-refractivity contribution in [3.05, 3.63) is 185 Å². The highest BCUT2D eigenvalue weighted by Gasteiger charge is 2.48. The van der Waals surface area contributed by atoms with E-state index in [1.807, 2.05) is 42.6 Å². The van der Waals surface area contributed by atoms with E-state index in [-0.39, 0.29) is 16.2 Å². The van der Waals surface area contributed by atoms with Gasteiger partial charge in [-0.2, -0.15) is 5.10 Å². The lowest BCUT2D eigenvalue weighted by molar-refractivity contribution is 0.480. The zero-order valence-electron chi connectivity index (χ0n) is 34.0. The van der Waals surface area contributed by atoms with Gasteiger partial charge in [0.05, 0.1) is 28.2 Å². The predicted octanol–water partition coefficient (Wildman–Crippen LogP) is 12.5. The van der Waals surface area contributed by atoms with Crippen LogP contribution in [0.4, 0.5) is 17.1 Å². The second-order valence-electron chi connectivity index (χ2n) is 18.0. The van der Waals surface area contributed by atoms with Crippen LogP contribution in [0.15, 0.2) is 146 Å². The molecule has 0 radical (unpaired) electrons. The van der Waals surface area contributed by atoms with E-state index >= 15 is 0 Å². The van der Waals surface area contributed by atoms with Gasteiger partial charge in [-0.25, -0.2) is 9.67 Å². The maximum atomic E-state index is 6.70. The molecule has 6 nitrogen and oxygen atoms in total. The molecule has 3 heterocycles. The number of aromatic nitrogens is 4. The summed E-state index contributed by atoms with van der Waals surface area (Å²) in [4.78, 5) is 11.8. The van der Waals surface area contributed by atoms with Crippen LogP contribution in [0.2, 0.25) is 0 Å². The molecule has 1 aliphatic heterocycles. The number of hydrogen-bond acceptors (Lipinski definition) is 5. The lowest BCUT2D eigenvalue weighted by Gasteiger charge is -2.47. The van der Waals surface area contributed by atoms with Crippen LogP contribution in [0.3, 0.4) is 0 Å². The third kappa shape index (κ3) is 6.57. The summed E-state index contributed by atoms with van der Waals surface area (Å²) in [7, 11) is 0. The first-order valence-corrected chi connectivity index (χ1v) is 19.5. The molecule has 0 N–H and O–H groups in total. The standard InChI is InChI=1S/C50H51N5O/c1-47(2,3)34-19-23-38(24-20-34)55-44-25-21-35(48(4,5)6)29-42(44)50(46-18-10-11-27-52-46,43-30-36(49(7,8)9)22-26-45(43)55)37-14-12-16-40(28-37)56-41-17-13-15-39(31-41)54-33-51-32-53-54/h10-33H,1-9H3. The molecule has 0 bridgehead atoms. The van der Waals surface area contributed by atoms with Crippen LogP contribution < -0.4 is 9.64 Å². The van der Waals surface area contributed by atoms with E-state index in [1.54, 1.807) is 11.0 Å². The summed E-state index contributed by atoms with van der Waals surface area (Å²) in [6, 6.07) is 46.0. The Hall–Kier alpha value is -6.01. The van der Waals surface area contributed by atoms with Crippen molar-refractivity contribution < 1.29 is 4.74 Å². The van der Waals surface area contributed by atoms with E-state index in [1.165, 1.54) is 34.1 Å². The number of pyridine rings is 1. The fraction of sp³-hybridized carbons (Fsp3) is 0.260. The van der Waals surface area contributed by atoms with Gasteiger partial charge in [0.25, 0.3) is 0 Å². The van der Waals surface area contributed by atoms with Crippen LogP contribution in [0.25, 0.3) is 5.69 Å². The molecule has 1 aliphatic rings. The third-order valence-electron chi connectivity index (χ3n) is 11.1. The molecule has 5 aromatic carbocycles. The number of benzene rings is 5. The predicted molar refractivity (Wildman–Crippen MR) is 228 cm³/mol. The molecule has 56 heavy (non-hydrogen) atoms. The number of anilines is 3. The normalized spacial score (nSPS) is 13.9. The minimum atomic E-state index is -0.807. The molecule has 282 valence electrons. The average Bonchev–Trinajstić information content (AvgIpc) is 3.72. The third-order valence-corrected chi connectivity index (χ3v) is 11.1. The zero-order valence-corrected chi connectivity index (χ0v) is 34.0. The zero-order chi connectivity index (χ0) is 39.5. The molecular formula is C50H51N5O. The summed E-state index contributed by atoms with van der Waals surface area (Å²) >= 11 is 0. The molecule has 2 aromatic heterocycles. The average molecular weight is 738 g/mol. The van der Waals surface area contributed by atoms with Crippen molar-refractivity contribution in [1.82, 2.24) is 19.7 Å². The minimum absolute atomic E-state index is 0.0401. The molecule has 0 unspecified atom stereocenters. The van der Waals surface area contributed by atoms with Gasteiger partial charge < -0.3 is 9.64 Å². The van der Waals surface area contributed by atoms with E-state index in [2.05, 4.69) is 168 Å². The highest BCUT2D eigenvalue weighted by atomic mass is 16.5. The summed E-state index contributed by atoms with van der Waals surface area (Å²) in [5, 5.41) is 4.33. The first-order chi connectivity index (χ1) is 26.6. The smallest absolute Gasteiger partial charge is 0.138 e. The molecule has 0 atom stereocenters. The number of nitrogens with zero attached hydrogens (tertiary/aromatic N) is 5. The van der Waals surface area contributed by atoms with Crippen LogP contribution in [-0.4, -0.2) is 19.7 Å². The lowest BCUT2D eigenvalue weighted by Crippen LogP contribution is -2.39. The maximum Gasteiger partial charge on any atom is 0.138 e. The van der Waals surface area contributed by atoms with Crippen molar-refractivity contribution in [3.8, 4) is 17.2 Å². The monoisotopic (exact) mass is 737 g/mol. The lowest BCUT2D eigenvalue weighted by atomic mass is 9.62. The van der Waals surface area contributed by atoms with Crippen molar-refractivity contribution >= 4 is 17.1 Å². The van der Waals surface area contributed by atoms with E-state index in [9.17, 15) is 0 Å². The fourth-order valence-electron chi connectivity index (χ4n) is 7.94. The summed E-state index contributed by atoms with van der Waals surface area (Å²) < 4.78 is 8.43. The van der Waals surface area contributed by atoms with E-state index < -0.39 is 5.41 Å². The molecule has 0 aliphatic carbocycles. The van der Waals surface area contributed by atoms with E-state index in [0.29, 0.717) is 5.75 Å². The highest BCUT2D eigenvalue weighted by molar-refractivity contribution is 5.89. The first kappa shape index (κ1) is 36.9. The van der Waals surface area contributed by atoms with Crippen molar-refractivity contribution in [1.29, 1.82) is 0 Å². The molecule has 0 saturated carbocycles. The van der Waals surface area contributed by atoms with Gasteiger partial charge in [0.1, 0.15) is 24.2 Å². The van der Waals surface area contributed by atoms with Gasteiger partial charge in [0.15, 0.2) is 0 Å². The quantitative estimate of drug-likeness (QED) is 0.170. The summed E-state index contributed by atoms with van der Waals surface area (Å²) in [6.45, 7) is 20.5. The minimum Gasteiger partial charge on any atom is -0.457 e. The molecule has 7 aromatic rings. The summed E-state index contributed by atoms with van der Waals surface area (Å²) in [6.07, 6.45) is 5.14. The molecule has 0 spiro atoms. The first-order valence-electron chi connectivity index (χ1n) is 19.5. The number of ether oxygens (including phenoxy) is 1. The Morgan fingerprint density at radius 1 is 0.536 bits per heavy atom. The Labute approximate surface area is 331 Å². The van der Waals surface area contributed by atoms with Crippen molar-refractivity contribution in [3.63, 3.8) is 0 Å². The van der Waals surface area contributed by atoms with E-state index in [0.717, 1.165) is 39.8 Å². The fourth-order valence-corrected chi connectivity index (χ4v) is 7.94. The van der Waals surface area contributed by atoms with Gasteiger partial charge in [-0.15, -0.1) is 0 Å². The topological polar surface area (TPSA) is 56.1 Å². The number of fused-ring (bicyclic) bond motifs is 2. The molecule has 0 amide bonds. The van der Waals surface area contributed by atoms with Gasteiger partial charge in [-0.05, 0) is 110 Å². The van der Waals surface area contributed by atoms with Crippen LogP contribution in [-0.2, 0) is 21.7 Å². The van der Waals surface area contributed by atoms with Gasteiger partial charge in [-0.1, -0.05) is 123 Å². The van der Waals surface area contributed by atoms with Crippen molar-refractivity contribution in [2.45, 2.75) is 84.0 Å². The van der Waals surface area contributed by atoms with Gasteiger partial charge in [0, 0.05) is 18.0 Å². The molecule has 6 heteroatoms. The SMILES string of the molecule is CC(C)(C)c1ccc(N2c3ccc(C(C)(C)C)cc3C(c3cccc(Oc4cccc(-n5cncn5)c4)c3)(c3ccccn3)c3cc(C(C)(C)C)ccc32)cc1. The number of rotatable bonds is 6. The summed E-state index contributed by atoms with van der Waals surface area (Å²) in [5.41, 5.74) is 11.5. The van der Waals surface area contributed by atoms with Crippen LogP contribution in [0, 0.1) is 0 Å². The second kappa shape index (κ2) is 13.6. The Morgan fingerprint density at radius 3 is 1.68 bits per heavy atom.